The molecule has 1 aliphatic rings. The van der Waals surface area contributed by atoms with Crippen LogP contribution in [0, 0.1) is 5.95 Å². The summed E-state index contributed by atoms with van der Waals surface area (Å²) in [6, 6.07) is 2.85. The first kappa shape index (κ1) is 8.59. The highest BCUT2D eigenvalue weighted by molar-refractivity contribution is 5.20. The van der Waals surface area contributed by atoms with Gasteiger partial charge in [0.2, 0.25) is 5.95 Å². The fourth-order valence-corrected chi connectivity index (χ4v) is 1.47. The van der Waals surface area contributed by atoms with Crippen LogP contribution in [0.5, 0.6) is 0 Å². The smallest absolute Gasteiger partial charge is 0.213 e. The molecule has 70 valence electrons. The van der Waals surface area contributed by atoms with Gasteiger partial charge in [0.15, 0.2) is 0 Å². The third kappa shape index (κ3) is 1.55. The SMILES string of the molecule is OC1(c2ccnc(F)c2)CCOC1. The van der Waals surface area contributed by atoms with Gasteiger partial charge in [0.05, 0.1) is 6.61 Å². The molecule has 1 saturated heterocycles. The van der Waals surface area contributed by atoms with Gasteiger partial charge in [-0.3, -0.25) is 0 Å². The molecule has 4 heteroatoms. The lowest BCUT2D eigenvalue weighted by Gasteiger charge is -2.20. The lowest BCUT2D eigenvalue weighted by Crippen LogP contribution is -2.25. The molecular formula is C9H10FNO2. The molecule has 1 fully saturated rings. The molecule has 0 radical (unpaired) electrons. The van der Waals surface area contributed by atoms with Crippen LogP contribution >= 0.6 is 0 Å². The number of pyridine rings is 1. The lowest BCUT2D eigenvalue weighted by molar-refractivity contribution is 0.0228. The Bertz CT molecular complexity index is 310. The van der Waals surface area contributed by atoms with Crippen LogP contribution < -0.4 is 0 Å². The lowest BCUT2D eigenvalue weighted by atomic mass is 9.94. The highest BCUT2D eigenvalue weighted by atomic mass is 19.1. The first-order valence-corrected chi connectivity index (χ1v) is 4.13. The van der Waals surface area contributed by atoms with E-state index in [0.717, 1.165) is 0 Å². The maximum Gasteiger partial charge on any atom is 0.213 e. The standard InChI is InChI=1S/C9H10FNO2/c10-8-5-7(1-3-11-8)9(12)2-4-13-6-9/h1,3,5,12H,2,4,6H2. The first-order valence-electron chi connectivity index (χ1n) is 4.13. The molecule has 1 atom stereocenters. The van der Waals surface area contributed by atoms with Crippen molar-refractivity contribution in [3.05, 3.63) is 29.8 Å². The maximum absolute atomic E-state index is 12.7. The summed E-state index contributed by atoms with van der Waals surface area (Å²) in [5, 5.41) is 9.97. The van der Waals surface area contributed by atoms with E-state index in [4.69, 9.17) is 4.74 Å². The van der Waals surface area contributed by atoms with E-state index in [1.165, 1.54) is 12.3 Å². The summed E-state index contributed by atoms with van der Waals surface area (Å²) in [7, 11) is 0. The second-order valence-electron chi connectivity index (χ2n) is 3.20. The van der Waals surface area contributed by atoms with Gasteiger partial charge in [-0.1, -0.05) is 0 Å². The summed E-state index contributed by atoms with van der Waals surface area (Å²) in [5.41, 5.74) is -0.485. The van der Waals surface area contributed by atoms with Gasteiger partial charge in [-0.2, -0.15) is 4.39 Å². The zero-order valence-electron chi connectivity index (χ0n) is 7.03. The Morgan fingerprint density at radius 2 is 2.46 bits per heavy atom. The largest absolute Gasteiger partial charge is 0.383 e. The topological polar surface area (TPSA) is 42.4 Å². The molecule has 1 aromatic rings. The summed E-state index contributed by atoms with van der Waals surface area (Å²) in [6.07, 6.45) is 1.86. The molecule has 13 heavy (non-hydrogen) atoms. The van der Waals surface area contributed by atoms with Gasteiger partial charge in [0.25, 0.3) is 0 Å². The number of hydrogen-bond donors (Lipinski definition) is 1. The van der Waals surface area contributed by atoms with Crippen molar-refractivity contribution in [3.63, 3.8) is 0 Å². The van der Waals surface area contributed by atoms with E-state index in [0.29, 0.717) is 18.6 Å². The van der Waals surface area contributed by atoms with Crippen LogP contribution in [0.3, 0.4) is 0 Å². The fourth-order valence-electron chi connectivity index (χ4n) is 1.47. The Morgan fingerprint density at radius 1 is 1.62 bits per heavy atom. The van der Waals surface area contributed by atoms with E-state index in [-0.39, 0.29) is 6.61 Å². The molecular weight excluding hydrogens is 173 g/mol. The zero-order valence-corrected chi connectivity index (χ0v) is 7.03. The summed E-state index contributed by atoms with van der Waals surface area (Å²) in [6.45, 7) is 0.747. The van der Waals surface area contributed by atoms with Gasteiger partial charge in [-0.25, -0.2) is 4.98 Å². The van der Waals surface area contributed by atoms with Crippen LogP contribution in [0.2, 0.25) is 0 Å². The minimum absolute atomic E-state index is 0.233. The normalized spacial score (nSPS) is 27.8. The van der Waals surface area contributed by atoms with Gasteiger partial charge in [-0.05, 0) is 17.7 Å². The molecule has 1 unspecified atom stereocenters. The van der Waals surface area contributed by atoms with Crippen molar-refractivity contribution in [1.29, 1.82) is 0 Å². The Hall–Kier alpha value is -1.00. The molecule has 2 rings (SSSR count). The van der Waals surface area contributed by atoms with Crippen molar-refractivity contribution in [2.75, 3.05) is 13.2 Å². The van der Waals surface area contributed by atoms with Crippen molar-refractivity contribution in [2.24, 2.45) is 0 Å². The first-order chi connectivity index (χ1) is 6.21. The van der Waals surface area contributed by atoms with Crippen molar-refractivity contribution < 1.29 is 14.2 Å². The Kier molecular flexibility index (Phi) is 2.01. The molecule has 0 bridgehead atoms. The monoisotopic (exact) mass is 183 g/mol. The van der Waals surface area contributed by atoms with Crippen molar-refractivity contribution in [3.8, 4) is 0 Å². The molecule has 1 N–H and O–H groups in total. The minimum Gasteiger partial charge on any atom is -0.383 e. The second kappa shape index (κ2) is 3.05. The van der Waals surface area contributed by atoms with Gasteiger partial charge in [0.1, 0.15) is 5.60 Å². The highest BCUT2D eigenvalue weighted by Gasteiger charge is 2.34. The average molecular weight is 183 g/mol. The predicted molar refractivity (Wildman–Crippen MR) is 43.5 cm³/mol. The van der Waals surface area contributed by atoms with E-state index in [9.17, 15) is 9.50 Å². The molecule has 1 aromatic heterocycles. The van der Waals surface area contributed by atoms with Gasteiger partial charge in [-0.15, -0.1) is 0 Å². The number of aliphatic hydroxyl groups is 1. The van der Waals surface area contributed by atoms with Crippen LogP contribution in [0.15, 0.2) is 18.3 Å². The molecule has 0 saturated carbocycles. The molecule has 0 amide bonds. The molecule has 0 spiro atoms. The number of halogens is 1. The van der Waals surface area contributed by atoms with E-state index in [1.54, 1.807) is 6.07 Å². The third-order valence-corrected chi connectivity index (χ3v) is 2.26. The molecule has 0 aromatic carbocycles. The van der Waals surface area contributed by atoms with E-state index in [1.807, 2.05) is 0 Å². The second-order valence-corrected chi connectivity index (χ2v) is 3.20. The fraction of sp³-hybridized carbons (Fsp3) is 0.444. The maximum atomic E-state index is 12.7. The molecule has 3 nitrogen and oxygen atoms in total. The van der Waals surface area contributed by atoms with Crippen LogP contribution in [0.4, 0.5) is 4.39 Å². The van der Waals surface area contributed by atoms with E-state index >= 15 is 0 Å². The Morgan fingerprint density at radius 3 is 3.08 bits per heavy atom. The van der Waals surface area contributed by atoms with Crippen LogP contribution in [-0.2, 0) is 10.3 Å². The number of rotatable bonds is 1. The quantitative estimate of drug-likeness (QED) is 0.656. The number of ether oxygens (including phenoxy) is 1. The summed E-state index contributed by atoms with van der Waals surface area (Å²) in [5.74, 6) is -0.571. The van der Waals surface area contributed by atoms with Gasteiger partial charge >= 0.3 is 0 Å². The number of aromatic nitrogens is 1. The Balaban J connectivity index is 2.33. The van der Waals surface area contributed by atoms with Crippen LogP contribution in [0.1, 0.15) is 12.0 Å². The summed E-state index contributed by atoms with van der Waals surface area (Å²) < 4.78 is 17.8. The van der Waals surface area contributed by atoms with Crippen LogP contribution in [-0.4, -0.2) is 23.3 Å². The number of nitrogens with zero attached hydrogens (tertiary/aromatic N) is 1. The number of hydrogen-bond acceptors (Lipinski definition) is 3. The Labute approximate surface area is 75.2 Å². The van der Waals surface area contributed by atoms with Crippen molar-refractivity contribution >= 4 is 0 Å². The third-order valence-electron chi connectivity index (χ3n) is 2.26. The van der Waals surface area contributed by atoms with Gasteiger partial charge < -0.3 is 9.84 Å². The molecule has 2 heterocycles. The minimum atomic E-state index is -1.02. The van der Waals surface area contributed by atoms with Crippen molar-refractivity contribution in [2.45, 2.75) is 12.0 Å². The molecule has 1 aliphatic heterocycles. The van der Waals surface area contributed by atoms with E-state index < -0.39 is 11.5 Å². The molecule has 0 aliphatic carbocycles. The predicted octanol–water partition coefficient (Wildman–Crippen LogP) is 0.829. The summed E-state index contributed by atoms with van der Waals surface area (Å²) >= 11 is 0. The average Bonchev–Trinajstić information content (AvgIpc) is 2.54. The van der Waals surface area contributed by atoms with Crippen molar-refractivity contribution in [1.82, 2.24) is 4.98 Å². The van der Waals surface area contributed by atoms with E-state index in [2.05, 4.69) is 4.98 Å². The van der Waals surface area contributed by atoms with Gasteiger partial charge in [0, 0.05) is 19.2 Å². The van der Waals surface area contributed by atoms with Crippen LogP contribution in [0.25, 0.3) is 0 Å². The highest BCUT2D eigenvalue weighted by Crippen LogP contribution is 2.29. The summed E-state index contributed by atoms with van der Waals surface area (Å²) in [4.78, 5) is 3.42. The zero-order chi connectivity index (χ0) is 9.31.